The van der Waals surface area contributed by atoms with Gasteiger partial charge in [-0.1, -0.05) is 51.1 Å². The Kier molecular flexibility index (Phi) is 5.90. The van der Waals surface area contributed by atoms with Gasteiger partial charge >= 0.3 is 0 Å². The van der Waals surface area contributed by atoms with Gasteiger partial charge in [-0.25, -0.2) is 0 Å². The average Bonchev–Trinajstić information content (AvgIpc) is 2.58. The van der Waals surface area contributed by atoms with Crippen LogP contribution in [-0.2, 0) is 0 Å². The minimum Gasteiger partial charge on any atom is -0.348 e. The van der Waals surface area contributed by atoms with E-state index in [4.69, 9.17) is 0 Å². The molecule has 19 heavy (non-hydrogen) atoms. The van der Waals surface area contributed by atoms with Crippen LogP contribution in [0.2, 0.25) is 0 Å². The fourth-order valence-corrected chi connectivity index (χ4v) is 3.85. The number of nitrogens with one attached hydrogen (secondary N) is 1. The summed E-state index contributed by atoms with van der Waals surface area (Å²) in [6.45, 7) is 0. The second-order valence-electron chi connectivity index (χ2n) is 4.86. The van der Waals surface area contributed by atoms with Crippen LogP contribution in [0.15, 0.2) is 27.1 Å². The number of rotatable bonds is 2. The van der Waals surface area contributed by atoms with Crippen LogP contribution >= 0.6 is 47.8 Å². The first kappa shape index (κ1) is 15.5. The smallest absolute Gasteiger partial charge is 0.252 e. The van der Waals surface area contributed by atoms with Crippen molar-refractivity contribution in [1.29, 1.82) is 0 Å². The Hall–Kier alpha value is 0.130. The highest BCUT2D eigenvalue weighted by Gasteiger charge is 2.24. The third-order valence-corrected chi connectivity index (χ3v) is 5.70. The molecule has 0 radical (unpaired) electrons. The molecule has 5 heteroatoms. The predicted molar refractivity (Wildman–Crippen MR) is 88.9 cm³/mol. The van der Waals surface area contributed by atoms with Gasteiger partial charge in [0, 0.05) is 19.8 Å². The van der Waals surface area contributed by atoms with Gasteiger partial charge in [-0.15, -0.1) is 0 Å². The molecule has 0 heterocycles. The van der Waals surface area contributed by atoms with Crippen LogP contribution in [0, 0.1) is 0 Å². The van der Waals surface area contributed by atoms with Gasteiger partial charge in [0.25, 0.3) is 5.91 Å². The summed E-state index contributed by atoms with van der Waals surface area (Å²) in [5.41, 5.74) is 0.679. The predicted octanol–water partition coefficient (Wildman–Crippen LogP) is 5.04. The van der Waals surface area contributed by atoms with E-state index in [0.29, 0.717) is 10.4 Å². The molecule has 1 amide bonds. The third-order valence-electron chi connectivity index (χ3n) is 3.42. The molecule has 0 spiro atoms. The summed E-state index contributed by atoms with van der Waals surface area (Å²) in [6, 6.07) is 5.87. The second kappa shape index (κ2) is 7.23. The van der Waals surface area contributed by atoms with Gasteiger partial charge in [-0.05, 0) is 47.0 Å². The minimum atomic E-state index is -0.00970. The first-order valence-electron chi connectivity index (χ1n) is 6.48. The van der Waals surface area contributed by atoms with Crippen LogP contribution in [0.4, 0.5) is 0 Å². The van der Waals surface area contributed by atoms with Crippen molar-refractivity contribution in [3.05, 3.63) is 32.7 Å². The summed E-state index contributed by atoms with van der Waals surface area (Å²) in [5, 5.41) is 3.16. The largest absolute Gasteiger partial charge is 0.348 e. The van der Waals surface area contributed by atoms with Gasteiger partial charge in [-0.3, -0.25) is 4.79 Å². The van der Waals surface area contributed by atoms with E-state index < -0.39 is 0 Å². The lowest BCUT2D eigenvalue weighted by molar-refractivity contribution is 0.0934. The molecule has 1 aromatic rings. The van der Waals surface area contributed by atoms with Gasteiger partial charge < -0.3 is 5.32 Å². The normalized spacial score (nSPS) is 23.7. The van der Waals surface area contributed by atoms with E-state index in [2.05, 4.69) is 53.1 Å². The Morgan fingerprint density at radius 1 is 1.16 bits per heavy atom. The summed E-state index contributed by atoms with van der Waals surface area (Å²) in [6.07, 6.45) is 5.86. The maximum Gasteiger partial charge on any atom is 0.252 e. The zero-order valence-electron chi connectivity index (χ0n) is 10.5. The molecule has 2 unspecified atom stereocenters. The van der Waals surface area contributed by atoms with E-state index in [1.165, 1.54) is 19.3 Å². The fourth-order valence-electron chi connectivity index (χ4n) is 2.34. The molecule has 1 aliphatic rings. The van der Waals surface area contributed by atoms with Crippen LogP contribution < -0.4 is 5.32 Å². The molecule has 1 aromatic carbocycles. The molecule has 2 atom stereocenters. The maximum atomic E-state index is 12.4. The Morgan fingerprint density at radius 2 is 1.89 bits per heavy atom. The van der Waals surface area contributed by atoms with Gasteiger partial charge in [-0.2, -0.15) is 0 Å². The average molecular weight is 454 g/mol. The minimum absolute atomic E-state index is 0.00970. The maximum absolute atomic E-state index is 12.4. The number of hydrogen-bond acceptors (Lipinski definition) is 1. The summed E-state index contributed by atoms with van der Waals surface area (Å²) in [7, 11) is 0. The molecule has 2 rings (SSSR count). The topological polar surface area (TPSA) is 29.1 Å². The van der Waals surface area contributed by atoms with Gasteiger partial charge in [0.05, 0.1) is 5.56 Å². The van der Waals surface area contributed by atoms with Crippen LogP contribution in [0.1, 0.15) is 42.5 Å². The fraction of sp³-hybridized carbons (Fsp3) is 0.500. The van der Waals surface area contributed by atoms with Crippen molar-refractivity contribution in [2.24, 2.45) is 0 Å². The molecule has 1 aliphatic carbocycles. The lowest BCUT2D eigenvalue weighted by Gasteiger charge is -2.21. The van der Waals surface area contributed by atoms with Gasteiger partial charge in [0.1, 0.15) is 0 Å². The van der Waals surface area contributed by atoms with Crippen LogP contribution in [-0.4, -0.2) is 16.8 Å². The number of halogens is 3. The van der Waals surface area contributed by atoms with Crippen molar-refractivity contribution in [1.82, 2.24) is 5.32 Å². The molecular weight excluding hydrogens is 438 g/mol. The van der Waals surface area contributed by atoms with Crippen molar-refractivity contribution in [3.63, 3.8) is 0 Å². The second-order valence-corrected chi connectivity index (χ2v) is 7.80. The first-order valence-corrected chi connectivity index (χ1v) is 8.98. The molecule has 0 aromatic heterocycles. The first-order chi connectivity index (χ1) is 9.08. The Balaban J connectivity index is 2.09. The SMILES string of the molecule is O=C(NC1CCCCCC1Br)c1cc(Br)ccc1Br. The molecule has 1 saturated carbocycles. The van der Waals surface area contributed by atoms with E-state index in [0.717, 1.165) is 21.8 Å². The zero-order valence-corrected chi connectivity index (χ0v) is 15.2. The van der Waals surface area contributed by atoms with Gasteiger partial charge in [0.2, 0.25) is 0 Å². The third kappa shape index (κ3) is 4.30. The summed E-state index contributed by atoms with van der Waals surface area (Å²) in [5.74, 6) is -0.00970. The Bertz CT molecular complexity index is 464. The molecule has 1 fully saturated rings. The zero-order chi connectivity index (χ0) is 13.8. The Labute approximate surface area is 139 Å². The van der Waals surface area contributed by atoms with Crippen molar-refractivity contribution in [2.45, 2.75) is 43.0 Å². The highest BCUT2D eigenvalue weighted by Crippen LogP contribution is 2.25. The van der Waals surface area contributed by atoms with Crippen molar-refractivity contribution < 1.29 is 4.79 Å². The monoisotopic (exact) mass is 451 g/mol. The quantitative estimate of drug-likeness (QED) is 0.493. The molecular formula is C14H16Br3NO. The summed E-state index contributed by atoms with van der Waals surface area (Å²) < 4.78 is 1.74. The molecule has 0 saturated heterocycles. The van der Waals surface area contributed by atoms with E-state index >= 15 is 0 Å². The molecule has 0 bridgehead atoms. The van der Waals surface area contributed by atoms with Crippen molar-refractivity contribution in [2.75, 3.05) is 0 Å². The molecule has 104 valence electrons. The molecule has 2 nitrogen and oxygen atoms in total. The lowest BCUT2D eigenvalue weighted by atomic mass is 10.1. The van der Waals surface area contributed by atoms with Crippen molar-refractivity contribution >= 4 is 53.7 Å². The number of carbonyl (C=O) groups excluding carboxylic acids is 1. The van der Waals surface area contributed by atoms with Gasteiger partial charge in [0.15, 0.2) is 0 Å². The summed E-state index contributed by atoms with van der Waals surface area (Å²) >= 11 is 10.5. The van der Waals surface area contributed by atoms with E-state index in [-0.39, 0.29) is 11.9 Å². The number of alkyl halides is 1. The van der Waals surface area contributed by atoms with Crippen LogP contribution in [0.3, 0.4) is 0 Å². The van der Waals surface area contributed by atoms with E-state index in [1.807, 2.05) is 18.2 Å². The van der Waals surface area contributed by atoms with Crippen molar-refractivity contribution in [3.8, 4) is 0 Å². The lowest BCUT2D eigenvalue weighted by Crippen LogP contribution is -2.40. The Morgan fingerprint density at radius 3 is 2.68 bits per heavy atom. The van der Waals surface area contributed by atoms with Crippen LogP contribution in [0.5, 0.6) is 0 Å². The summed E-state index contributed by atoms with van der Waals surface area (Å²) in [4.78, 5) is 12.7. The van der Waals surface area contributed by atoms with E-state index in [9.17, 15) is 4.79 Å². The number of benzene rings is 1. The number of amides is 1. The van der Waals surface area contributed by atoms with Crippen LogP contribution in [0.25, 0.3) is 0 Å². The standard InChI is InChI=1S/C14H16Br3NO/c15-9-6-7-11(16)10(8-9)14(19)18-13-5-3-1-2-4-12(13)17/h6-8,12-13H,1-5H2,(H,18,19). The highest BCUT2D eigenvalue weighted by atomic mass is 79.9. The molecule has 1 N–H and O–H groups in total. The van der Waals surface area contributed by atoms with E-state index in [1.54, 1.807) is 0 Å². The number of hydrogen-bond donors (Lipinski definition) is 1. The number of carbonyl (C=O) groups is 1. The highest BCUT2D eigenvalue weighted by molar-refractivity contribution is 9.11. The molecule has 0 aliphatic heterocycles.